The lowest BCUT2D eigenvalue weighted by Crippen LogP contribution is -1.83. The van der Waals surface area contributed by atoms with Crippen molar-refractivity contribution in [1.82, 2.24) is 9.97 Å². The molecule has 0 radical (unpaired) electrons. The molecule has 2 nitrogen and oxygen atoms in total. The number of H-pyrrole nitrogens is 1. The summed E-state index contributed by atoms with van der Waals surface area (Å²) in [4.78, 5) is 7.10. The van der Waals surface area contributed by atoms with E-state index in [9.17, 15) is 8.78 Å². The zero-order chi connectivity index (χ0) is 11.8. The maximum Gasteiger partial charge on any atom is 0.137 e. The van der Waals surface area contributed by atoms with Gasteiger partial charge in [-0.25, -0.2) is 13.8 Å². The summed E-state index contributed by atoms with van der Waals surface area (Å²) in [6.07, 6.45) is 3.36. The molecule has 0 aliphatic carbocycles. The minimum absolute atomic E-state index is 0.502. The van der Waals surface area contributed by atoms with Crippen molar-refractivity contribution in [2.24, 2.45) is 0 Å². The quantitative estimate of drug-likeness (QED) is 0.680. The Bertz CT molecular complexity index is 668. The van der Waals surface area contributed by atoms with Crippen molar-refractivity contribution in [3.63, 3.8) is 0 Å². The second-order valence-corrected chi connectivity index (χ2v) is 3.76. The molecule has 0 spiro atoms. The van der Waals surface area contributed by atoms with Gasteiger partial charge in [0.05, 0.1) is 0 Å². The number of halogens is 2. The van der Waals surface area contributed by atoms with Crippen LogP contribution in [0.25, 0.3) is 22.2 Å². The summed E-state index contributed by atoms with van der Waals surface area (Å²) in [6, 6.07) is 7.11. The van der Waals surface area contributed by atoms with E-state index >= 15 is 0 Å². The maximum atomic E-state index is 13.2. The summed E-state index contributed by atoms with van der Waals surface area (Å²) >= 11 is 0. The lowest BCUT2D eigenvalue weighted by molar-refractivity contribution is 0.584. The van der Waals surface area contributed by atoms with Crippen LogP contribution >= 0.6 is 0 Å². The lowest BCUT2D eigenvalue weighted by atomic mass is 10.1. The molecule has 0 fully saturated rings. The molecular formula is C13H8F2N2. The van der Waals surface area contributed by atoms with E-state index in [0.717, 1.165) is 17.0 Å². The number of hydrogen-bond acceptors (Lipinski definition) is 1. The van der Waals surface area contributed by atoms with Gasteiger partial charge in [0.15, 0.2) is 0 Å². The van der Waals surface area contributed by atoms with Gasteiger partial charge in [0.1, 0.15) is 17.3 Å². The molecule has 2 heterocycles. The van der Waals surface area contributed by atoms with Crippen molar-refractivity contribution in [3.8, 4) is 11.1 Å². The summed E-state index contributed by atoms with van der Waals surface area (Å²) in [5.41, 5.74) is 1.94. The van der Waals surface area contributed by atoms with Gasteiger partial charge >= 0.3 is 0 Å². The van der Waals surface area contributed by atoms with Gasteiger partial charge in [0.25, 0.3) is 0 Å². The molecule has 0 aliphatic heterocycles. The van der Waals surface area contributed by atoms with Gasteiger partial charge in [0, 0.05) is 29.4 Å². The fourth-order valence-corrected chi connectivity index (χ4v) is 1.90. The second-order valence-electron chi connectivity index (χ2n) is 3.76. The van der Waals surface area contributed by atoms with Crippen LogP contribution in [0.1, 0.15) is 0 Å². The average molecular weight is 230 g/mol. The fourth-order valence-electron chi connectivity index (χ4n) is 1.90. The van der Waals surface area contributed by atoms with Crippen molar-refractivity contribution in [2.75, 3.05) is 0 Å². The second kappa shape index (κ2) is 3.66. The molecule has 84 valence electrons. The van der Waals surface area contributed by atoms with Crippen molar-refractivity contribution >= 4 is 11.0 Å². The first-order valence-corrected chi connectivity index (χ1v) is 5.12. The standard InChI is InChI=1S/C13H8F2N2/c14-9-4-8(5-10(15)6-9)12-7-17-13-11(12)2-1-3-16-13/h1-7H,(H,16,17). The van der Waals surface area contributed by atoms with Gasteiger partial charge < -0.3 is 4.98 Å². The number of nitrogens with one attached hydrogen (secondary N) is 1. The van der Waals surface area contributed by atoms with E-state index in [1.807, 2.05) is 6.07 Å². The molecule has 3 rings (SSSR count). The molecule has 0 unspecified atom stereocenters. The van der Waals surface area contributed by atoms with Gasteiger partial charge in [-0.1, -0.05) is 0 Å². The van der Waals surface area contributed by atoms with Crippen LogP contribution in [0, 0.1) is 11.6 Å². The molecule has 4 heteroatoms. The highest BCUT2D eigenvalue weighted by atomic mass is 19.1. The van der Waals surface area contributed by atoms with Crippen molar-refractivity contribution < 1.29 is 8.78 Å². The number of aromatic nitrogens is 2. The van der Waals surface area contributed by atoms with Gasteiger partial charge in [-0.3, -0.25) is 0 Å². The van der Waals surface area contributed by atoms with E-state index in [1.165, 1.54) is 12.1 Å². The molecule has 17 heavy (non-hydrogen) atoms. The molecule has 1 aromatic carbocycles. The van der Waals surface area contributed by atoms with Gasteiger partial charge in [-0.2, -0.15) is 0 Å². The highest BCUT2D eigenvalue weighted by Crippen LogP contribution is 2.28. The predicted molar refractivity (Wildman–Crippen MR) is 61.4 cm³/mol. The average Bonchev–Trinajstić information content (AvgIpc) is 2.71. The SMILES string of the molecule is Fc1cc(F)cc(-c2c[nH]c3ncccc23)c1. The predicted octanol–water partition coefficient (Wildman–Crippen LogP) is 3.51. The van der Waals surface area contributed by atoms with E-state index in [0.29, 0.717) is 11.2 Å². The van der Waals surface area contributed by atoms with Crippen LogP contribution in [0.5, 0.6) is 0 Å². The van der Waals surface area contributed by atoms with E-state index in [1.54, 1.807) is 18.5 Å². The smallest absolute Gasteiger partial charge is 0.137 e. The molecule has 0 saturated carbocycles. The number of hydrogen-bond donors (Lipinski definition) is 1. The minimum Gasteiger partial charge on any atom is -0.346 e. The third-order valence-corrected chi connectivity index (χ3v) is 2.62. The Hall–Kier alpha value is -2.23. The molecule has 0 bridgehead atoms. The molecule has 3 aromatic rings. The zero-order valence-electron chi connectivity index (χ0n) is 8.74. The van der Waals surface area contributed by atoms with Crippen molar-refractivity contribution in [1.29, 1.82) is 0 Å². The first-order chi connectivity index (χ1) is 8.24. The van der Waals surface area contributed by atoms with E-state index in [-0.39, 0.29) is 0 Å². The van der Waals surface area contributed by atoms with E-state index < -0.39 is 11.6 Å². The van der Waals surface area contributed by atoms with Crippen LogP contribution in [0.15, 0.2) is 42.7 Å². The van der Waals surface area contributed by atoms with Gasteiger partial charge in [-0.15, -0.1) is 0 Å². The Balaban J connectivity index is 2.27. The molecule has 0 amide bonds. The monoisotopic (exact) mass is 230 g/mol. The fraction of sp³-hybridized carbons (Fsp3) is 0. The third-order valence-electron chi connectivity index (χ3n) is 2.62. The minimum atomic E-state index is -0.585. The normalized spacial score (nSPS) is 10.9. The molecule has 2 aromatic heterocycles. The topological polar surface area (TPSA) is 28.7 Å². The number of pyridine rings is 1. The van der Waals surface area contributed by atoms with Crippen LogP contribution < -0.4 is 0 Å². The van der Waals surface area contributed by atoms with Crippen LogP contribution in [-0.2, 0) is 0 Å². The number of aromatic amines is 1. The Kier molecular flexibility index (Phi) is 2.14. The van der Waals surface area contributed by atoms with Gasteiger partial charge in [-0.05, 0) is 29.8 Å². The summed E-state index contributed by atoms with van der Waals surface area (Å²) in [7, 11) is 0. The Labute approximate surface area is 95.9 Å². The Morgan fingerprint density at radius 3 is 2.59 bits per heavy atom. The first-order valence-electron chi connectivity index (χ1n) is 5.12. The number of benzene rings is 1. The lowest BCUT2D eigenvalue weighted by Gasteiger charge is -2.00. The summed E-state index contributed by atoms with van der Waals surface area (Å²) < 4.78 is 26.3. The van der Waals surface area contributed by atoms with E-state index in [2.05, 4.69) is 9.97 Å². The molecular weight excluding hydrogens is 222 g/mol. The maximum absolute atomic E-state index is 13.2. The van der Waals surface area contributed by atoms with Crippen LogP contribution in [0.3, 0.4) is 0 Å². The van der Waals surface area contributed by atoms with Crippen LogP contribution in [0.2, 0.25) is 0 Å². The summed E-state index contributed by atoms with van der Waals surface area (Å²) in [5.74, 6) is -1.17. The highest BCUT2D eigenvalue weighted by molar-refractivity contribution is 5.93. The van der Waals surface area contributed by atoms with Crippen molar-refractivity contribution in [3.05, 3.63) is 54.4 Å². The van der Waals surface area contributed by atoms with Crippen LogP contribution in [0.4, 0.5) is 8.78 Å². The summed E-state index contributed by atoms with van der Waals surface area (Å²) in [6.45, 7) is 0. The molecule has 0 atom stereocenters. The number of fused-ring (bicyclic) bond motifs is 1. The first kappa shape index (κ1) is 9.96. The highest BCUT2D eigenvalue weighted by Gasteiger charge is 2.08. The number of rotatable bonds is 1. The van der Waals surface area contributed by atoms with Crippen LogP contribution in [-0.4, -0.2) is 9.97 Å². The molecule has 0 saturated heterocycles. The summed E-state index contributed by atoms with van der Waals surface area (Å²) in [5, 5.41) is 0.845. The molecule has 0 aliphatic rings. The van der Waals surface area contributed by atoms with Crippen molar-refractivity contribution in [2.45, 2.75) is 0 Å². The third kappa shape index (κ3) is 1.67. The molecule has 1 N–H and O–H groups in total. The largest absolute Gasteiger partial charge is 0.346 e. The Morgan fingerprint density at radius 2 is 1.82 bits per heavy atom. The van der Waals surface area contributed by atoms with Gasteiger partial charge in [0.2, 0.25) is 0 Å². The van der Waals surface area contributed by atoms with E-state index in [4.69, 9.17) is 0 Å². The number of nitrogens with zero attached hydrogens (tertiary/aromatic N) is 1. The Morgan fingerprint density at radius 1 is 1.06 bits per heavy atom. The zero-order valence-corrected chi connectivity index (χ0v) is 8.74.